The molecular formula is C23H24N6O. The van der Waals surface area contributed by atoms with Crippen molar-refractivity contribution in [3.8, 4) is 22.5 Å². The molecule has 4 aromatic rings. The predicted molar refractivity (Wildman–Crippen MR) is 119 cm³/mol. The molecule has 0 unspecified atom stereocenters. The fourth-order valence-electron chi connectivity index (χ4n) is 4.09. The van der Waals surface area contributed by atoms with Gasteiger partial charge < -0.3 is 15.4 Å². The molecule has 3 N–H and O–H groups in total. The van der Waals surface area contributed by atoms with Crippen molar-refractivity contribution in [3.05, 3.63) is 54.4 Å². The topological polar surface area (TPSA) is 93.0 Å². The van der Waals surface area contributed by atoms with Crippen LogP contribution >= 0.6 is 0 Å². The number of hydrogen-bond acceptors (Lipinski definition) is 6. The van der Waals surface area contributed by atoms with E-state index in [1.54, 1.807) is 6.20 Å². The minimum Gasteiger partial charge on any atom is -0.398 e. The van der Waals surface area contributed by atoms with Gasteiger partial charge in [-0.25, -0.2) is 4.98 Å². The van der Waals surface area contributed by atoms with Gasteiger partial charge in [-0.1, -0.05) is 12.1 Å². The third-order valence-electron chi connectivity index (χ3n) is 5.63. The second kappa shape index (κ2) is 7.42. The maximum Gasteiger partial charge on any atom is 0.130 e. The van der Waals surface area contributed by atoms with Gasteiger partial charge >= 0.3 is 0 Å². The maximum atomic E-state index is 6.45. The Labute approximate surface area is 174 Å². The van der Waals surface area contributed by atoms with E-state index in [1.165, 1.54) is 0 Å². The number of fused-ring (bicyclic) bond motifs is 1. The summed E-state index contributed by atoms with van der Waals surface area (Å²) < 4.78 is 5.64. The lowest BCUT2D eigenvalue weighted by Crippen LogP contribution is -2.44. The Morgan fingerprint density at radius 3 is 2.80 bits per heavy atom. The molecule has 3 aromatic heterocycles. The van der Waals surface area contributed by atoms with Gasteiger partial charge in [-0.2, -0.15) is 5.10 Å². The number of nitrogens with two attached hydrogens (primary N) is 1. The van der Waals surface area contributed by atoms with E-state index in [1.807, 2.05) is 31.3 Å². The number of ether oxygens (including phenoxy) is 1. The zero-order valence-electron chi connectivity index (χ0n) is 17.1. The first-order chi connectivity index (χ1) is 14.6. The van der Waals surface area contributed by atoms with Crippen molar-refractivity contribution in [2.24, 2.45) is 0 Å². The molecule has 7 heteroatoms. The number of aromatic nitrogens is 4. The third-order valence-corrected chi connectivity index (χ3v) is 5.63. The number of morpholine rings is 1. The number of hydrogen-bond donors (Lipinski definition) is 2. The number of aromatic amines is 1. The first kappa shape index (κ1) is 18.6. The molecule has 1 saturated heterocycles. The van der Waals surface area contributed by atoms with Crippen LogP contribution in [-0.2, 0) is 4.74 Å². The van der Waals surface area contributed by atoms with E-state index >= 15 is 0 Å². The average molecular weight is 400 g/mol. The van der Waals surface area contributed by atoms with Gasteiger partial charge in [-0.15, -0.1) is 0 Å². The van der Waals surface area contributed by atoms with Gasteiger partial charge in [0.25, 0.3) is 0 Å². The van der Waals surface area contributed by atoms with Crippen molar-refractivity contribution in [2.75, 3.05) is 30.4 Å². The standard InChI is InChI=1S/C23H24N6O/c1-14-3-4-16(19(24)11-14)18-12-21(29-9-10-30-13-15(29)2)27-22-17(18)5-7-25-23(22)20-6-8-26-28-20/h3-8,11-12,15H,9-10,13,24H2,1-2H3,(H,26,28)/t15-/m1/s1. The molecule has 30 heavy (non-hydrogen) atoms. The summed E-state index contributed by atoms with van der Waals surface area (Å²) in [6.45, 7) is 6.37. The number of benzene rings is 1. The number of pyridine rings is 2. The number of anilines is 2. The van der Waals surface area contributed by atoms with Gasteiger partial charge in [-0.3, -0.25) is 10.1 Å². The van der Waals surface area contributed by atoms with Gasteiger partial charge in [0.15, 0.2) is 0 Å². The average Bonchev–Trinajstić information content (AvgIpc) is 3.28. The van der Waals surface area contributed by atoms with E-state index < -0.39 is 0 Å². The highest BCUT2D eigenvalue weighted by Gasteiger charge is 2.23. The van der Waals surface area contributed by atoms with E-state index in [0.29, 0.717) is 13.2 Å². The molecule has 1 fully saturated rings. The Bertz CT molecular complexity index is 1200. The molecule has 5 rings (SSSR count). The van der Waals surface area contributed by atoms with Crippen LogP contribution in [0.1, 0.15) is 12.5 Å². The Morgan fingerprint density at radius 1 is 1.13 bits per heavy atom. The molecule has 1 aliphatic rings. The summed E-state index contributed by atoms with van der Waals surface area (Å²) in [4.78, 5) is 12.0. The molecule has 0 spiro atoms. The van der Waals surface area contributed by atoms with Crippen LogP contribution in [0.3, 0.4) is 0 Å². The van der Waals surface area contributed by atoms with Gasteiger partial charge in [-0.05, 0) is 49.2 Å². The van der Waals surface area contributed by atoms with Crippen molar-refractivity contribution >= 4 is 22.4 Å². The molecule has 1 atom stereocenters. The predicted octanol–water partition coefficient (Wildman–Crippen LogP) is 3.80. The lowest BCUT2D eigenvalue weighted by atomic mass is 9.97. The lowest BCUT2D eigenvalue weighted by Gasteiger charge is -2.34. The molecular weight excluding hydrogens is 376 g/mol. The van der Waals surface area contributed by atoms with Crippen LogP contribution in [0.2, 0.25) is 0 Å². The molecule has 1 aromatic carbocycles. The van der Waals surface area contributed by atoms with E-state index in [-0.39, 0.29) is 6.04 Å². The zero-order valence-corrected chi connectivity index (χ0v) is 17.1. The van der Waals surface area contributed by atoms with Crippen molar-refractivity contribution in [1.82, 2.24) is 20.2 Å². The largest absolute Gasteiger partial charge is 0.398 e. The Kier molecular flexibility index (Phi) is 4.59. The highest BCUT2D eigenvalue weighted by atomic mass is 16.5. The molecule has 0 saturated carbocycles. The van der Waals surface area contributed by atoms with E-state index in [4.69, 9.17) is 15.5 Å². The number of H-pyrrole nitrogens is 1. The number of rotatable bonds is 3. The summed E-state index contributed by atoms with van der Waals surface area (Å²) in [6.07, 6.45) is 3.54. The second-order valence-electron chi connectivity index (χ2n) is 7.76. The number of nitrogens with zero attached hydrogens (tertiary/aromatic N) is 4. The summed E-state index contributed by atoms with van der Waals surface area (Å²) in [6, 6.07) is 12.5. The Morgan fingerprint density at radius 2 is 2.03 bits per heavy atom. The highest BCUT2D eigenvalue weighted by Crippen LogP contribution is 2.37. The van der Waals surface area contributed by atoms with Crippen LogP contribution in [0.25, 0.3) is 33.4 Å². The zero-order chi connectivity index (χ0) is 20.7. The van der Waals surface area contributed by atoms with Crippen molar-refractivity contribution in [1.29, 1.82) is 0 Å². The molecule has 1 aliphatic heterocycles. The van der Waals surface area contributed by atoms with Crippen molar-refractivity contribution in [2.45, 2.75) is 19.9 Å². The number of nitrogen functional groups attached to an aromatic ring is 1. The third kappa shape index (κ3) is 3.17. The van der Waals surface area contributed by atoms with E-state index in [2.05, 4.69) is 45.2 Å². The number of aryl methyl sites for hydroxylation is 1. The quantitative estimate of drug-likeness (QED) is 0.508. The van der Waals surface area contributed by atoms with Crippen LogP contribution in [0.15, 0.2) is 48.8 Å². The normalized spacial score (nSPS) is 16.9. The second-order valence-corrected chi connectivity index (χ2v) is 7.76. The minimum absolute atomic E-state index is 0.235. The molecule has 152 valence electrons. The smallest absolute Gasteiger partial charge is 0.130 e. The van der Waals surface area contributed by atoms with Gasteiger partial charge in [0.1, 0.15) is 17.0 Å². The highest BCUT2D eigenvalue weighted by molar-refractivity contribution is 6.03. The fraction of sp³-hybridized carbons (Fsp3) is 0.261. The summed E-state index contributed by atoms with van der Waals surface area (Å²) in [5.41, 5.74) is 12.8. The molecule has 7 nitrogen and oxygen atoms in total. The van der Waals surface area contributed by atoms with Gasteiger partial charge in [0.05, 0.1) is 24.9 Å². The molecule has 0 radical (unpaired) electrons. The van der Waals surface area contributed by atoms with E-state index in [0.717, 1.165) is 57.0 Å². The van der Waals surface area contributed by atoms with Crippen LogP contribution in [0.4, 0.5) is 11.5 Å². The Balaban J connectivity index is 1.80. The van der Waals surface area contributed by atoms with Crippen LogP contribution in [0.5, 0.6) is 0 Å². The lowest BCUT2D eigenvalue weighted by molar-refractivity contribution is 0.0986. The van der Waals surface area contributed by atoms with Crippen LogP contribution in [-0.4, -0.2) is 46.0 Å². The number of nitrogens with one attached hydrogen (secondary N) is 1. The first-order valence-corrected chi connectivity index (χ1v) is 10.1. The fourth-order valence-corrected chi connectivity index (χ4v) is 4.09. The molecule has 4 heterocycles. The van der Waals surface area contributed by atoms with Crippen LogP contribution in [0, 0.1) is 6.92 Å². The minimum atomic E-state index is 0.235. The van der Waals surface area contributed by atoms with Crippen LogP contribution < -0.4 is 10.6 Å². The van der Waals surface area contributed by atoms with Gasteiger partial charge in [0.2, 0.25) is 0 Å². The van der Waals surface area contributed by atoms with Gasteiger partial charge in [0, 0.05) is 35.6 Å². The van der Waals surface area contributed by atoms with E-state index in [9.17, 15) is 0 Å². The molecule has 0 bridgehead atoms. The van der Waals surface area contributed by atoms with Crippen molar-refractivity contribution < 1.29 is 4.74 Å². The molecule has 0 aliphatic carbocycles. The summed E-state index contributed by atoms with van der Waals surface area (Å²) in [5.74, 6) is 0.905. The SMILES string of the molecule is Cc1ccc(-c2cc(N3CCOC[C@H]3C)nc3c(-c4ccn[nH]4)nccc23)c(N)c1. The van der Waals surface area contributed by atoms with Crippen molar-refractivity contribution in [3.63, 3.8) is 0 Å². The summed E-state index contributed by atoms with van der Waals surface area (Å²) in [7, 11) is 0. The maximum absolute atomic E-state index is 6.45. The summed E-state index contributed by atoms with van der Waals surface area (Å²) in [5, 5.41) is 8.12. The molecule has 0 amide bonds. The first-order valence-electron chi connectivity index (χ1n) is 10.1. The summed E-state index contributed by atoms with van der Waals surface area (Å²) >= 11 is 0. The Hall–Kier alpha value is -3.45. The monoisotopic (exact) mass is 400 g/mol.